The summed E-state index contributed by atoms with van der Waals surface area (Å²) in [5.41, 5.74) is 0.612. The zero-order valence-electron chi connectivity index (χ0n) is 14.6. The summed E-state index contributed by atoms with van der Waals surface area (Å²) in [6.07, 6.45) is 10.2. The zero-order chi connectivity index (χ0) is 16.5. The molecular weight excluding hydrogens is 290 g/mol. The van der Waals surface area contributed by atoms with Gasteiger partial charge in [-0.2, -0.15) is 0 Å². The van der Waals surface area contributed by atoms with Gasteiger partial charge in [0.05, 0.1) is 0 Å². The Morgan fingerprint density at radius 2 is 1.61 bits per heavy atom. The Hall–Kier alpha value is -1.26. The SMILES string of the molecule is CCC12CCC(NC(=O)NC3CCN(C(C)=O)CC3)(CC1)CC2. The maximum atomic E-state index is 12.4. The number of amides is 3. The lowest BCUT2D eigenvalue weighted by molar-refractivity contribution is -0.129. The van der Waals surface area contributed by atoms with Crippen molar-refractivity contribution in [3.05, 3.63) is 0 Å². The minimum atomic E-state index is -0.00262. The molecule has 5 heteroatoms. The lowest BCUT2D eigenvalue weighted by Crippen LogP contribution is -2.60. The Balaban J connectivity index is 1.46. The van der Waals surface area contributed by atoms with E-state index in [4.69, 9.17) is 0 Å². The number of rotatable bonds is 3. The van der Waals surface area contributed by atoms with Crippen molar-refractivity contribution in [3.63, 3.8) is 0 Å². The van der Waals surface area contributed by atoms with Gasteiger partial charge in [0.2, 0.25) is 5.91 Å². The van der Waals surface area contributed by atoms with Gasteiger partial charge < -0.3 is 15.5 Å². The molecule has 3 aliphatic carbocycles. The molecule has 0 radical (unpaired) electrons. The molecule has 1 saturated heterocycles. The van der Waals surface area contributed by atoms with Crippen LogP contribution in [0, 0.1) is 5.41 Å². The van der Waals surface area contributed by atoms with Gasteiger partial charge in [-0.1, -0.05) is 13.3 Å². The van der Waals surface area contributed by atoms with Gasteiger partial charge in [-0.15, -0.1) is 0 Å². The van der Waals surface area contributed by atoms with Crippen LogP contribution in [0.25, 0.3) is 0 Å². The predicted molar refractivity (Wildman–Crippen MR) is 90.1 cm³/mol. The Kier molecular flexibility index (Phi) is 4.56. The Morgan fingerprint density at radius 1 is 1.04 bits per heavy atom. The van der Waals surface area contributed by atoms with Crippen LogP contribution < -0.4 is 10.6 Å². The van der Waals surface area contributed by atoms with E-state index in [2.05, 4.69) is 17.6 Å². The highest BCUT2D eigenvalue weighted by Crippen LogP contribution is 2.53. The first-order valence-corrected chi connectivity index (χ1v) is 9.30. The Labute approximate surface area is 139 Å². The Bertz CT molecular complexity index is 444. The molecule has 0 unspecified atom stereocenters. The molecule has 0 aromatic rings. The molecule has 2 N–H and O–H groups in total. The van der Waals surface area contributed by atoms with Gasteiger partial charge in [0.15, 0.2) is 0 Å². The van der Waals surface area contributed by atoms with Crippen molar-refractivity contribution in [1.82, 2.24) is 15.5 Å². The summed E-state index contributed by atoms with van der Waals surface area (Å²) >= 11 is 0. The summed E-state index contributed by atoms with van der Waals surface area (Å²) in [6.45, 7) is 5.43. The standard InChI is InChI=1S/C18H31N3O2/c1-3-17-6-9-18(10-7-17,11-8-17)20-16(23)19-15-4-12-21(13-5-15)14(2)22/h15H,3-13H2,1-2H3,(H2,19,20,23). The fourth-order valence-corrected chi connectivity index (χ4v) is 4.78. The minimum Gasteiger partial charge on any atom is -0.343 e. The number of piperidine rings is 1. The van der Waals surface area contributed by atoms with E-state index in [1.807, 2.05) is 4.90 Å². The van der Waals surface area contributed by atoms with Crippen LogP contribution in [0.4, 0.5) is 4.79 Å². The van der Waals surface area contributed by atoms with Crippen LogP contribution in [-0.4, -0.2) is 41.5 Å². The topological polar surface area (TPSA) is 61.4 Å². The molecule has 3 amide bonds. The second-order valence-corrected chi connectivity index (χ2v) is 8.01. The molecule has 4 fully saturated rings. The maximum Gasteiger partial charge on any atom is 0.315 e. The molecule has 3 saturated carbocycles. The predicted octanol–water partition coefficient (Wildman–Crippen LogP) is 2.80. The molecule has 0 spiro atoms. The molecule has 1 aliphatic heterocycles. The van der Waals surface area contributed by atoms with Gasteiger partial charge in [-0.25, -0.2) is 4.79 Å². The number of hydrogen-bond acceptors (Lipinski definition) is 2. The smallest absolute Gasteiger partial charge is 0.315 e. The van der Waals surface area contributed by atoms with Crippen LogP contribution in [-0.2, 0) is 4.79 Å². The van der Waals surface area contributed by atoms with Gasteiger partial charge >= 0.3 is 6.03 Å². The van der Waals surface area contributed by atoms with E-state index < -0.39 is 0 Å². The normalized spacial score (nSPS) is 34.3. The van der Waals surface area contributed by atoms with Crippen LogP contribution in [0.3, 0.4) is 0 Å². The number of likely N-dealkylation sites (tertiary alicyclic amines) is 1. The van der Waals surface area contributed by atoms with Crippen LogP contribution in [0.15, 0.2) is 0 Å². The summed E-state index contributed by atoms with van der Waals surface area (Å²) in [6, 6.07) is 0.195. The third-order valence-corrected chi connectivity index (χ3v) is 6.81. The zero-order valence-corrected chi connectivity index (χ0v) is 14.6. The van der Waals surface area contributed by atoms with E-state index >= 15 is 0 Å². The monoisotopic (exact) mass is 321 g/mol. The van der Waals surface area contributed by atoms with Crippen molar-refractivity contribution in [2.45, 2.75) is 83.2 Å². The first-order chi connectivity index (χ1) is 11.0. The molecular formula is C18H31N3O2. The van der Waals surface area contributed by atoms with E-state index in [0.29, 0.717) is 5.41 Å². The molecule has 0 atom stereocenters. The molecule has 1 heterocycles. The highest BCUT2D eigenvalue weighted by atomic mass is 16.2. The van der Waals surface area contributed by atoms with Crippen LogP contribution in [0.2, 0.25) is 0 Å². The van der Waals surface area contributed by atoms with Gasteiger partial charge in [0, 0.05) is 31.6 Å². The summed E-state index contributed by atoms with van der Waals surface area (Å²) in [4.78, 5) is 25.6. The quantitative estimate of drug-likeness (QED) is 0.839. The fraction of sp³-hybridized carbons (Fsp3) is 0.889. The third-order valence-electron chi connectivity index (χ3n) is 6.81. The summed E-state index contributed by atoms with van der Waals surface area (Å²) < 4.78 is 0. The second kappa shape index (κ2) is 6.33. The van der Waals surface area contributed by atoms with Gasteiger partial charge in [-0.05, 0) is 56.8 Å². The highest BCUT2D eigenvalue weighted by Gasteiger charge is 2.48. The average Bonchev–Trinajstić information content (AvgIpc) is 2.56. The van der Waals surface area contributed by atoms with E-state index in [9.17, 15) is 9.59 Å². The lowest BCUT2D eigenvalue weighted by atomic mass is 9.56. The highest BCUT2D eigenvalue weighted by molar-refractivity contribution is 5.75. The first kappa shape index (κ1) is 16.6. The molecule has 5 nitrogen and oxygen atoms in total. The van der Waals surface area contributed by atoms with E-state index in [0.717, 1.165) is 45.2 Å². The average molecular weight is 321 g/mol. The Morgan fingerprint density at radius 3 is 2.09 bits per heavy atom. The number of nitrogens with one attached hydrogen (secondary N) is 2. The van der Waals surface area contributed by atoms with E-state index in [1.54, 1.807) is 6.92 Å². The number of nitrogens with zero attached hydrogens (tertiary/aromatic N) is 1. The van der Waals surface area contributed by atoms with Crippen molar-refractivity contribution in [2.24, 2.45) is 5.41 Å². The van der Waals surface area contributed by atoms with E-state index in [-0.39, 0.29) is 23.5 Å². The van der Waals surface area contributed by atoms with Crippen molar-refractivity contribution < 1.29 is 9.59 Å². The molecule has 4 rings (SSSR count). The number of urea groups is 1. The van der Waals surface area contributed by atoms with Crippen LogP contribution in [0.1, 0.15) is 71.6 Å². The molecule has 2 bridgehead atoms. The lowest BCUT2D eigenvalue weighted by Gasteiger charge is -2.53. The number of carbonyl (C=O) groups is 2. The van der Waals surface area contributed by atoms with Gasteiger partial charge in [-0.3, -0.25) is 4.79 Å². The van der Waals surface area contributed by atoms with Crippen LogP contribution in [0.5, 0.6) is 0 Å². The largest absolute Gasteiger partial charge is 0.343 e. The summed E-state index contributed by atoms with van der Waals surface area (Å²) in [7, 11) is 0. The number of carbonyl (C=O) groups excluding carboxylic acids is 2. The minimum absolute atomic E-state index is 0.00262. The van der Waals surface area contributed by atoms with Crippen LogP contribution >= 0.6 is 0 Å². The maximum absolute atomic E-state index is 12.4. The number of hydrogen-bond donors (Lipinski definition) is 2. The van der Waals surface area contributed by atoms with Crippen molar-refractivity contribution in [3.8, 4) is 0 Å². The molecule has 4 aliphatic rings. The van der Waals surface area contributed by atoms with Gasteiger partial charge in [0.25, 0.3) is 0 Å². The van der Waals surface area contributed by atoms with Crippen molar-refractivity contribution in [1.29, 1.82) is 0 Å². The second-order valence-electron chi connectivity index (χ2n) is 8.01. The van der Waals surface area contributed by atoms with E-state index in [1.165, 1.54) is 25.7 Å². The molecule has 0 aromatic carbocycles. The third kappa shape index (κ3) is 3.48. The number of fused-ring (bicyclic) bond motifs is 3. The molecule has 23 heavy (non-hydrogen) atoms. The summed E-state index contributed by atoms with van der Waals surface area (Å²) in [5, 5.41) is 6.45. The first-order valence-electron chi connectivity index (χ1n) is 9.30. The molecule has 0 aromatic heterocycles. The van der Waals surface area contributed by atoms with Crippen molar-refractivity contribution in [2.75, 3.05) is 13.1 Å². The van der Waals surface area contributed by atoms with Crippen molar-refractivity contribution >= 4 is 11.9 Å². The van der Waals surface area contributed by atoms with Gasteiger partial charge in [0.1, 0.15) is 0 Å². The molecule has 130 valence electrons. The fourth-order valence-electron chi connectivity index (χ4n) is 4.78. The summed E-state index contributed by atoms with van der Waals surface area (Å²) in [5.74, 6) is 0.135.